The van der Waals surface area contributed by atoms with Crippen LogP contribution in [0.3, 0.4) is 0 Å². The lowest BCUT2D eigenvalue weighted by atomic mass is 9.92. The number of aliphatic hydroxyl groups is 1. The zero-order valence-electron chi connectivity index (χ0n) is 13.1. The minimum atomic E-state index is -4.50. The SMILES string of the molecule is Cc1nc2ccccc2cc1-c1cccc(CCO)c1C(F)(F)F. The molecule has 3 rings (SSSR count). The first kappa shape index (κ1) is 16.5. The van der Waals surface area contributed by atoms with E-state index >= 15 is 0 Å². The quantitative estimate of drug-likeness (QED) is 0.750. The third kappa shape index (κ3) is 2.99. The highest BCUT2D eigenvalue weighted by atomic mass is 19.4. The molecule has 0 unspecified atom stereocenters. The van der Waals surface area contributed by atoms with Gasteiger partial charge in [-0.3, -0.25) is 4.98 Å². The van der Waals surface area contributed by atoms with Crippen LogP contribution in [-0.2, 0) is 12.6 Å². The normalized spacial score (nSPS) is 11.9. The van der Waals surface area contributed by atoms with E-state index < -0.39 is 11.7 Å². The van der Waals surface area contributed by atoms with Crippen LogP contribution in [0.4, 0.5) is 13.2 Å². The third-order valence-corrected chi connectivity index (χ3v) is 4.02. The van der Waals surface area contributed by atoms with Gasteiger partial charge in [-0.2, -0.15) is 13.2 Å². The van der Waals surface area contributed by atoms with Gasteiger partial charge in [-0.05, 0) is 36.6 Å². The van der Waals surface area contributed by atoms with E-state index in [1.54, 1.807) is 19.1 Å². The number of benzene rings is 2. The van der Waals surface area contributed by atoms with Gasteiger partial charge in [0.25, 0.3) is 0 Å². The highest BCUT2D eigenvalue weighted by Crippen LogP contribution is 2.40. The standard InChI is InChI=1S/C19H16F3NO/c1-12-16(11-14-5-2-3-8-17(14)23-12)15-7-4-6-13(9-10-24)18(15)19(20,21)22/h2-8,11,24H,9-10H2,1H3. The molecule has 0 amide bonds. The van der Waals surface area contributed by atoms with E-state index in [4.69, 9.17) is 5.11 Å². The van der Waals surface area contributed by atoms with Crippen LogP contribution in [0.1, 0.15) is 16.8 Å². The molecule has 3 aromatic rings. The molecular formula is C19H16F3NO. The number of rotatable bonds is 3. The van der Waals surface area contributed by atoms with Crippen LogP contribution in [0.2, 0.25) is 0 Å². The monoisotopic (exact) mass is 331 g/mol. The molecule has 0 saturated heterocycles. The fourth-order valence-electron chi connectivity index (χ4n) is 2.97. The Hall–Kier alpha value is -2.40. The van der Waals surface area contributed by atoms with E-state index in [-0.39, 0.29) is 24.2 Å². The van der Waals surface area contributed by atoms with Crippen LogP contribution >= 0.6 is 0 Å². The first-order valence-electron chi connectivity index (χ1n) is 7.58. The van der Waals surface area contributed by atoms with Crippen molar-refractivity contribution < 1.29 is 18.3 Å². The average molecular weight is 331 g/mol. The molecule has 0 fully saturated rings. The number of halogens is 3. The second kappa shape index (κ2) is 6.24. The van der Waals surface area contributed by atoms with Crippen LogP contribution in [0.15, 0.2) is 48.5 Å². The molecule has 5 heteroatoms. The molecule has 0 radical (unpaired) electrons. The van der Waals surface area contributed by atoms with Crippen molar-refractivity contribution in [3.05, 3.63) is 65.4 Å². The molecular weight excluding hydrogens is 315 g/mol. The molecule has 0 aliphatic heterocycles. The van der Waals surface area contributed by atoms with E-state index in [0.29, 0.717) is 11.3 Å². The van der Waals surface area contributed by atoms with Crippen molar-refractivity contribution in [2.24, 2.45) is 0 Å². The fourth-order valence-corrected chi connectivity index (χ4v) is 2.97. The predicted molar refractivity (Wildman–Crippen MR) is 87.7 cm³/mol. The topological polar surface area (TPSA) is 33.1 Å². The highest BCUT2D eigenvalue weighted by molar-refractivity contribution is 5.86. The summed E-state index contributed by atoms with van der Waals surface area (Å²) in [5.74, 6) is 0. The minimum absolute atomic E-state index is 0.0389. The van der Waals surface area contributed by atoms with Crippen molar-refractivity contribution >= 4 is 10.9 Å². The molecule has 0 aliphatic rings. The second-order valence-electron chi connectivity index (χ2n) is 5.63. The number of hydrogen-bond donors (Lipinski definition) is 1. The molecule has 0 bridgehead atoms. The molecule has 1 aromatic heterocycles. The zero-order valence-corrected chi connectivity index (χ0v) is 13.1. The summed E-state index contributed by atoms with van der Waals surface area (Å²) in [5.41, 5.74) is 1.25. The molecule has 24 heavy (non-hydrogen) atoms. The summed E-state index contributed by atoms with van der Waals surface area (Å²) in [6.07, 6.45) is -4.54. The highest BCUT2D eigenvalue weighted by Gasteiger charge is 2.36. The molecule has 0 saturated carbocycles. The summed E-state index contributed by atoms with van der Waals surface area (Å²) >= 11 is 0. The number of hydrogen-bond acceptors (Lipinski definition) is 2. The molecule has 0 aliphatic carbocycles. The lowest BCUT2D eigenvalue weighted by molar-refractivity contribution is -0.137. The molecule has 1 heterocycles. The van der Waals surface area contributed by atoms with Gasteiger partial charge in [-0.25, -0.2) is 0 Å². The fraction of sp³-hybridized carbons (Fsp3) is 0.211. The van der Waals surface area contributed by atoms with Crippen LogP contribution in [0, 0.1) is 6.92 Å². The van der Waals surface area contributed by atoms with Crippen molar-refractivity contribution in [3.63, 3.8) is 0 Å². The molecule has 2 aromatic carbocycles. The Labute approximate surface area is 137 Å². The van der Waals surface area contributed by atoms with Crippen molar-refractivity contribution in [1.29, 1.82) is 0 Å². The third-order valence-electron chi connectivity index (χ3n) is 4.02. The van der Waals surface area contributed by atoms with Gasteiger partial charge in [0.1, 0.15) is 0 Å². The van der Waals surface area contributed by atoms with E-state index in [0.717, 1.165) is 10.9 Å². The van der Waals surface area contributed by atoms with Gasteiger partial charge in [0.2, 0.25) is 0 Å². The van der Waals surface area contributed by atoms with E-state index in [9.17, 15) is 13.2 Å². The van der Waals surface area contributed by atoms with Crippen molar-refractivity contribution in [3.8, 4) is 11.1 Å². The molecule has 0 spiro atoms. The Morgan fingerprint density at radius 2 is 1.75 bits per heavy atom. The van der Waals surface area contributed by atoms with Crippen LogP contribution in [0.5, 0.6) is 0 Å². The predicted octanol–water partition coefficient (Wildman–Crippen LogP) is 4.76. The Kier molecular flexibility index (Phi) is 4.28. The van der Waals surface area contributed by atoms with E-state index in [2.05, 4.69) is 4.98 Å². The maximum absolute atomic E-state index is 13.7. The molecule has 0 atom stereocenters. The lowest BCUT2D eigenvalue weighted by Gasteiger charge is -2.18. The van der Waals surface area contributed by atoms with Crippen molar-refractivity contribution in [2.75, 3.05) is 6.61 Å². The second-order valence-corrected chi connectivity index (χ2v) is 5.63. The summed E-state index contributed by atoms with van der Waals surface area (Å²) in [6, 6.07) is 13.5. The van der Waals surface area contributed by atoms with Gasteiger partial charge in [0, 0.05) is 23.3 Å². The van der Waals surface area contributed by atoms with Crippen molar-refractivity contribution in [2.45, 2.75) is 19.5 Å². The summed E-state index contributed by atoms with van der Waals surface area (Å²) in [6.45, 7) is 1.38. The van der Waals surface area contributed by atoms with Crippen LogP contribution in [0.25, 0.3) is 22.0 Å². The Bertz CT molecular complexity index is 887. The van der Waals surface area contributed by atoms with Gasteiger partial charge >= 0.3 is 6.18 Å². The first-order valence-corrected chi connectivity index (χ1v) is 7.58. The Morgan fingerprint density at radius 1 is 1.00 bits per heavy atom. The van der Waals surface area contributed by atoms with Gasteiger partial charge in [0.05, 0.1) is 11.1 Å². The summed E-state index contributed by atoms with van der Waals surface area (Å²) in [5, 5.41) is 9.88. The maximum Gasteiger partial charge on any atom is 0.417 e. The largest absolute Gasteiger partial charge is 0.417 e. The maximum atomic E-state index is 13.7. The smallest absolute Gasteiger partial charge is 0.396 e. The van der Waals surface area contributed by atoms with Gasteiger partial charge < -0.3 is 5.11 Å². The lowest BCUT2D eigenvalue weighted by Crippen LogP contribution is -2.12. The summed E-state index contributed by atoms with van der Waals surface area (Å²) < 4.78 is 41.0. The summed E-state index contributed by atoms with van der Waals surface area (Å²) in [7, 11) is 0. The minimum Gasteiger partial charge on any atom is -0.396 e. The van der Waals surface area contributed by atoms with Gasteiger partial charge in [-0.15, -0.1) is 0 Å². The zero-order chi connectivity index (χ0) is 17.3. The van der Waals surface area contributed by atoms with Crippen LogP contribution in [-0.4, -0.2) is 16.7 Å². The van der Waals surface area contributed by atoms with E-state index in [1.807, 2.05) is 24.3 Å². The number of aromatic nitrogens is 1. The molecule has 124 valence electrons. The van der Waals surface area contributed by atoms with Crippen LogP contribution < -0.4 is 0 Å². The van der Waals surface area contributed by atoms with E-state index in [1.165, 1.54) is 12.1 Å². The summed E-state index contributed by atoms with van der Waals surface area (Å²) in [4.78, 5) is 4.43. The number of alkyl halides is 3. The number of para-hydroxylation sites is 1. The first-order chi connectivity index (χ1) is 11.4. The number of aryl methyl sites for hydroxylation is 1. The number of aliphatic hydroxyl groups excluding tert-OH is 1. The Morgan fingerprint density at radius 3 is 2.46 bits per heavy atom. The van der Waals surface area contributed by atoms with Gasteiger partial charge in [-0.1, -0.05) is 36.4 Å². The van der Waals surface area contributed by atoms with Crippen molar-refractivity contribution in [1.82, 2.24) is 4.98 Å². The number of pyridine rings is 1. The number of nitrogens with zero attached hydrogens (tertiary/aromatic N) is 1. The number of fused-ring (bicyclic) bond motifs is 1. The molecule has 1 N–H and O–H groups in total. The Balaban J connectivity index is 2.30. The molecule has 2 nitrogen and oxygen atoms in total. The van der Waals surface area contributed by atoms with Gasteiger partial charge in [0.15, 0.2) is 0 Å². The average Bonchev–Trinajstić information content (AvgIpc) is 2.53.